The van der Waals surface area contributed by atoms with Crippen molar-refractivity contribution in [1.82, 2.24) is 0 Å². The van der Waals surface area contributed by atoms with Crippen LogP contribution in [-0.4, -0.2) is 29.8 Å². The van der Waals surface area contributed by atoms with Gasteiger partial charge in [0.25, 0.3) is 0 Å². The number of halogens is 1. The molecule has 0 spiro atoms. The lowest BCUT2D eigenvalue weighted by molar-refractivity contribution is 0.275. The second-order valence-electron chi connectivity index (χ2n) is 15.9. The van der Waals surface area contributed by atoms with Crippen molar-refractivity contribution in [2.75, 3.05) is 13.2 Å². The van der Waals surface area contributed by atoms with Crippen molar-refractivity contribution in [3.05, 3.63) is 58.1 Å². The molecule has 0 unspecified atom stereocenters. The predicted molar refractivity (Wildman–Crippen MR) is 193 cm³/mol. The summed E-state index contributed by atoms with van der Waals surface area (Å²) in [6.45, 7) is 25.3. The number of rotatable bonds is 16. The van der Waals surface area contributed by atoms with Crippen LogP contribution in [0.1, 0.15) is 117 Å². The van der Waals surface area contributed by atoms with Gasteiger partial charge in [0.1, 0.15) is 0 Å². The van der Waals surface area contributed by atoms with E-state index in [0.29, 0.717) is 0 Å². The number of hydrogen-bond acceptors (Lipinski definition) is 2. The van der Waals surface area contributed by atoms with Gasteiger partial charge in [0.2, 0.25) is 0 Å². The average molecular weight is 674 g/mol. The van der Waals surface area contributed by atoms with Gasteiger partial charge < -0.3 is 8.85 Å². The Hall–Kier alpha value is -0.726. The molecule has 3 rings (SSSR count). The van der Waals surface area contributed by atoms with E-state index in [0.717, 1.165) is 13.2 Å². The van der Waals surface area contributed by atoms with Crippen LogP contribution in [0.4, 0.5) is 0 Å². The lowest BCUT2D eigenvalue weighted by Gasteiger charge is -2.36. The molecule has 0 N–H and O–H groups in total. The summed E-state index contributed by atoms with van der Waals surface area (Å²) in [5, 5.41) is 0.573. The summed E-state index contributed by atoms with van der Waals surface area (Å²) in [6, 6.07) is 16.2. The Morgan fingerprint density at radius 1 is 0.595 bits per heavy atom. The lowest BCUT2D eigenvalue weighted by Crippen LogP contribution is -2.40. The van der Waals surface area contributed by atoms with Gasteiger partial charge in [-0.05, 0) is 96.3 Å². The van der Waals surface area contributed by atoms with Gasteiger partial charge in [-0.25, -0.2) is 0 Å². The van der Waals surface area contributed by atoms with Crippen molar-refractivity contribution >= 4 is 32.6 Å². The van der Waals surface area contributed by atoms with Crippen molar-refractivity contribution < 1.29 is 8.85 Å². The Labute approximate surface area is 270 Å². The summed E-state index contributed by atoms with van der Waals surface area (Å²) in [5.41, 5.74) is 6.11. The molecule has 0 bridgehead atoms. The first-order valence-electron chi connectivity index (χ1n) is 16.7. The van der Waals surface area contributed by atoms with Crippen molar-refractivity contribution in [2.24, 2.45) is 0 Å². The average Bonchev–Trinajstić information content (AvgIpc) is 3.15. The van der Waals surface area contributed by atoms with Gasteiger partial charge in [-0.15, -0.1) is 0 Å². The van der Waals surface area contributed by atoms with E-state index in [4.69, 9.17) is 8.85 Å². The zero-order valence-electron chi connectivity index (χ0n) is 28.7. The fourth-order valence-corrected chi connectivity index (χ4v) is 8.48. The molecule has 2 nitrogen and oxygen atoms in total. The highest BCUT2D eigenvalue weighted by Gasteiger charge is 2.42. The summed E-state index contributed by atoms with van der Waals surface area (Å²) in [4.78, 5) is 0. The minimum absolute atomic E-state index is 0.116. The Morgan fingerprint density at radius 3 is 1.55 bits per heavy atom. The maximum absolute atomic E-state index is 6.46. The Kier molecular flexibility index (Phi) is 12.4. The normalized spacial score (nSPS) is 15.1. The Bertz CT molecular complexity index is 1100. The minimum Gasteiger partial charge on any atom is -0.417 e. The zero-order chi connectivity index (χ0) is 31.2. The monoisotopic (exact) mass is 672 g/mol. The molecule has 0 amide bonds. The minimum atomic E-state index is -1.65. The molecule has 0 aromatic heterocycles. The van der Waals surface area contributed by atoms with E-state index in [1.165, 1.54) is 79.8 Å². The molecule has 2 aromatic rings. The molecule has 0 aliphatic heterocycles. The molecule has 2 aromatic carbocycles. The van der Waals surface area contributed by atoms with E-state index in [9.17, 15) is 0 Å². The van der Waals surface area contributed by atoms with Crippen LogP contribution in [0.25, 0.3) is 11.1 Å². The van der Waals surface area contributed by atoms with Gasteiger partial charge in [-0.1, -0.05) is 126 Å². The molecule has 0 radical (unpaired) electrons. The first-order chi connectivity index (χ1) is 19.5. The second kappa shape index (κ2) is 14.6. The first kappa shape index (κ1) is 35.7. The summed E-state index contributed by atoms with van der Waals surface area (Å²) in [5.74, 6) is 0. The third-order valence-electron chi connectivity index (χ3n) is 10.8. The number of benzene rings is 2. The summed E-state index contributed by atoms with van der Waals surface area (Å²) < 4.78 is 14.1. The SMILES string of the molecule is CC(C)(C)[Si](C)(C)OCCCCCCC1(CCCCCCO[Si](C)(C)C(C)(C)C)c2ccccc2-c2ccc(Br)cc21. The molecular weight excluding hydrogens is 612 g/mol. The highest BCUT2D eigenvalue weighted by molar-refractivity contribution is 9.10. The van der Waals surface area contributed by atoms with Gasteiger partial charge in [0, 0.05) is 23.1 Å². The van der Waals surface area contributed by atoms with Crippen molar-refractivity contribution in [3.8, 4) is 11.1 Å². The van der Waals surface area contributed by atoms with Crippen LogP contribution in [-0.2, 0) is 14.3 Å². The topological polar surface area (TPSA) is 18.5 Å². The molecule has 0 fully saturated rings. The number of fused-ring (bicyclic) bond motifs is 3. The van der Waals surface area contributed by atoms with Crippen molar-refractivity contribution in [2.45, 2.75) is 147 Å². The standard InChI is InChI=1S/C37H61BrO2Si2/c1-35(2,3)41(7,8)39-27-19-13-11-17-25-37(26-18-12-14-20-28-40-42(9,10)36(4,5)6)33-22-16-15-21-31(33)32-24-23-30(38)29-34(32)37/h15-16,21-24,29H,11-14,17-20,25-28H2,1-10H3. The van der Waals surface area contributed by atoms with Gasteiger partial charge in [0.05, 0.1) is 0 Å². The Morgan fingerprint density at radius 2 is 1.05 bits per heavy atom. The maximum Gasteiger partial charge on any atom is 0.191 e. The molecule has 0 heterocycles. The smallest absolute Gasteiger partial charge is 0.191 e. The number of unbranched alkanes of at least 4 members (excludes halogenated alkanes) is 6. The molecule has 0 saturated heterocycles. The lowest BCUT2D eigenvalue weighted by atomic mass is 9.70. The fraction of sp³-hybridized carbons (Fsp3) is 0.676. The summed E-state index contributed by atoms with van der Waals surface area (Å²) >= 11 is 3.82. The van der Waals surface area contributed by atoms with Crippen LogP contribution in [0.2, 0.25) is 36.3 Å². The number of hydrogen-bond donors (Lipinski definition) is 0. The van der Waals surface area contributed by atoms with Gasteiger partial charge >= 0.3 is 0 Å². The highest BCUT2D eigenvalue weighted by Crippen LogP contribution is 2.54. The van der Waals surface area contributed by atoms with E-state index in [1.54, 1.807) is 11.1 Å². The van der Waals surface area contributed by atoms with E-state index in [1.807, 2.05) is 0 Å². The molecule has 0 saturated carbocycles. The van der Waals surface area contributed by atoms with Crippen LogP contribution in [0.5, 0.6) is 0 Å². The third-order valence-corrected chi connectivity index (χ3v) is 20.3. The van der Waals surface area contributed by atoms with Crippen molar-refractivity contribution in [1.29, 1.82) is 0 Å². The first-order valence-corrected chi connectivity index (χ1v) is 23.3. The van der Waals surface area contributed by atoms with E-state index in [-0.39, 0.29) is 15.5 Å². The van der Waals surface area contributed by atoms with Gasteiger partial charge in [0.15, 0.2) is 16.6 Å². The largest absolute Gasteiger partial charge is 0.417 e. The third kappa shape index (κ3) is 8.71. The fourth-order valence-electron chi connectivity index (χ4n) is 5.94. The maximum atomic E-state index is 6.46. The molecular formula is C37H61BrO2Si2. The summed E-state index contributed by atoms with van der Waals surface area (Å²) in [7, 11) is -3.29. The van der Waals surface area contributed by atoms with Crippen LogP contribution in [0.3, 0.4) is 0 Å². The van der Waals surface area contributed by atoms with Crippen LogP contribution >= 0.6 is 15.9 Å². The molecule has 0 atom stereocenters. The molecule has 236 valence electrons. The van der Waals surface area contributed by atoms with Crippen molar-refractivity contribution in [3.63, 3.8) is 0 Å². The second-order valence-corrected chi connectivity index (χ2v) is 26.4. The zero-order valence-corrected chi connectivity index (χ0v) is 32.3. The van der Waals surface area contributed by atoms with Crippen LogP contribution < -0.4 is 0 Å². The molecule has 42 heavy (non-hydrogen) atoms. The predicted octanol–water partition coefficient (Wildman–Crippen LogP) is 12.7. The van der Waals surface area contributed by atoms with E-state index < -0.39 is 16.6 Å². The summed E-state index contributed by atoms with van der Waals surface area (Å²) in [6.07, 6.45) is 12.4. The van der Waals surface area contributed by atoms with Crippen LogP contribution in [0.15, 0.2) is 46.9 Å². The van der Waals surface area contributed by atoms with Gasteiger partial charge in [-0.3, -0.25) is 0 Å². The molecule has 1 aliphatic carbocycles. The quantitative estimate of drug-likeness (QED) is 0.130. The molecule has 5 heteroatoms. The highest BCUT2D eigenvalue weighted by atomic mass is 79.9. The van der Waals surface area contributed by atoms with E-state index in [2.05, 4.69) is 126 Å². The molecule has 1 aliphatic rings. The van der Waals surface area contributed by atoms with E-state index >= 15 is 0 Å². The Balaban J connectivity index is 1.61. The van der Waals surface area contributed by atoms with Crippen LogP contribution in [0, 0.1) is 0 Å². The van der Waals surface area contributed by atoms with Gasteiger partial charge in [-0.2, -0.15) is 0 Å².